The van der Waals surface area contributed by atoms with Crippen molar-refractivity contribution >= 4 is 12.0 Å². The maximum atomic E-state index is 14.3. The van der Waals surface area contributed by atoms with Crippen LogP contribution in [0, 0.1) is 23.6 Å². The first kappa shape index (κ1) is 34.9. The molecule has 2 amide bonds. The van der Waals surface area contributed by atoms with Gasteiger partial charge in [-0.15, -0.1) is 0 Å². The molecule has 0 spiro atoms. The zero-order chi connectivity index (χ0) is 37.0. The summed E-state index contributed by atoms with van der Waals surface area (Å²) in [6.45, 7) is 7.32. The molecule has 8 aliphatic heterocycles. The Labute approximate surface area is 324 Å². The van der Waals surface area contributed by atoms with Crippen molar-refractivity contribution in [2.45, 2.75) is 62.6 Å². The smallest absolute Gasteiger partial charge is 0.410 e. The molecule has 8 aliphatic rings. The Morgan fingerprint density at radius 1 is 0.636 bits per heavy atom. The van der Waals surface area contributed by atoms with Gasteiger partial charge in [-0.05, 0) is 115 Å². The summed E-state index contributed by atoms with van der Waals surface area (Å²) in [4.78, 5) is 37.7. The van der Waals surface area contributed by atoms with Crippen molar-refractivity contribution in [2.75, 3.05) is 52.4 Å². The van der Waals surface area contributed by atoms with Crippen molar-refractivity contribution in [3.05, 3.63) is 142 Å². The number of halogens is 1. The van der Waals surface area contributed by atoms with Gasteiger partial charge in [-0.25, -0.2) is 9.18 Å². The molecule has 0 saturated carbocycles. The number of benzene rings is 4. The lowest BCUT2D eigenvalue weighted by Gasteiger charge is -2.50. The van der Waals surface area contributed by atoms with E-state index in [0.717, 1.165) is 62.3 Å². The Morgan fingerprint density at radius 2 is 1.33 bits per heavy atom. The van der Waals surface area contributed by atoms with Gasteiger partial charge in [0.05, 0.1) is 12.1 Å². The number of amides is 2. The van der Waals surface area contributed by atoms with Crippen LogP contribution >= 0.6 is 0 Å². The molecule has 8 heterocycles. The van der Waals surface area contributed by atoms with Gasteiger partial charge in [0.25, 0.3) is 0 Å². The number of hydrogen-bond acceptors (Lipinski definition) is 5. The van der Waals surface area contributed by atoms with Gasteiger partial charge in [-0.2, -0.15) is 0 Å². The van der Waals surface area contributed by atoms with E-state index in [2.05, 4.69) is 63.2 Å². The van der Waals surface area contributed by atoms with Gasteiger partial charge in [-0.1, -0.05) is 84.9 Å². The number of rotatable bonds is 6. The predicted molar refractivity (Wildman–Crippen MR) is 210 cm³/mol. The van der Waals surface area contributed by atoms with Crippen molar-refractivity contribution < 1.29 is 18.7 Å². The summed E-state index contributed by atoms with van der Waals surface area (Å²) in [7, 11) is 0. The predicted octanol–water partition coefficient (Wildman–Crippen LogP) is 7.60. The molecule has 55 heavy (non-hydrogen) atoms. The molecule has 0 aliphatic carbocycles. The summed E-state index contributed by atoms with van der Waals surface area (Å²) in [6, 6.07) is 32.2. The fraction of sp³-hybridized carbons (Fsp3) is 0.447. The number of carbonyl (C=O) groups excluding carboxylic acids is 2. The van der Waals surface area contributed by atoms with Gasteiger partial charge in [0.2, 0.25) is 5.91 Å². The SMILES string of the molecule is O=C(C[C@H]1CN2CCC1CC2)N1CCc2ccc(C3CN4CCC3[C@H](OC(=O)N3CCc5cc(F)ccc5[C@@H]3c3ccccc3)C4)cc2[C@H]1c1ccccc1. The van der Waals surface area contributed by atoms with E-state index in [9.17, 15) is 14.0 Å². The molecule has 8 heteroatoms. The summed E-state index contributed by atoms with van der Waals surface area (Å²) >= 11 is 0. The van der Waals surface area contributed by atoms with E-state index in [4.69, 9.17) is 4.74 Å². The summed E-state index contributed by atoms with van der Waals surface area (Å²) in [5, 5.41) is 0. The number of hydrogen-bond donors (Lipinski definition) is 0. The molecule has 7 atom stereocenters. The van der Waals surface area contributed by atoms with Gasteiger partial charge < -0.3 is 14.5 Å². The van der Waals surface area contributed by atoms with E-state index >= 15 is 0 Å². The second kappa shape index (κ2) is 14.5. The Kier molecular flexibility index (Phi) is 9.22. The minimum absolute atomic E-state index is 0.112. The normalized spacial score (nSPS) is 30.7. The lowest BCUT2D eigenvalue weighted by atomic mass is 9.72. The molecule has 4 aromatic rings. The van der Waals surface area contributed by atoms with Crippen LogP contribution in [0.1, 0.15) is 82.6 Å². The minimum atomic E-state index is -0.332. The van der Waals surface area contributed by atoms with E-state index in [1.54, 1.807) is 6.07 Å². The Hall–Kier alpha value is -4.53. The quantitative estimate of drug-likeness (QED) is 0.204. The van der Waals surface area contributed by atoms with Crippen molar-refractivity contribution in [3.63, 3.8) is 0 Å². The van der Waals surface area contributed by atoms with Crippen LogP contribution in [0.25, 0.3) is 0 Å². The molecular formula is C47H51FN4O3. The van der Waals surface area contributed by atoms with Crippen LogP contribution in [0.3, 0.4) is 0 Å². The van der Waals surface area contributed by atoms with Gasteiger partial charge in [0.1, 0.15) is 11.9 Å². The third-order valence-corrected chi connectivity index (χ3v) is 14.1. The fourth-order valence-corrected chi connectivity index (χ4v) is 11.3. The van der Waals surface area contributed by atoms with Crippen LogP contribution in [-0.2, 0) is 22.4 Å². The molecule has 4 aromatic carbocycles. The fourth-order valence-electron chi connectivity index (χ4n) is 11.3. The molecule has 284 valence electrons. The highest BCUT2D eigenvalue weighted by atomic mass is 19.1. The first-order valence-electron chi connectivity index (χ1n) is 20.7. The zero-order valence-electron chi connectivity index (χ0n) is 31.6. The van der Waals surface area contributed by atoms with E-state index < -0.39 is 0 Å². The maximum Gasteiger partial charge on any atom is 0.410 e. The third kappa shape index (κ3) is 6.55. The Morgan fingerprint density at radius 3 is 2.04 bits per heavy atom. The summed E-state index contributed by atoms with van der Waals surface area (Å²) in [5.74, 6) is 1.58. The molecule has 0 N–H and O–H groups in total. The molecule has 6 fully saturated rings. The lowest BCUT2D eigenvalue weighted by Crippen LogP contribution is -2.56. The minimum Gasteiger partial charge on any atom is -0.444 e. The van der Waals surface area contributed by atoms with Gasteiger partial charge in [0.15, 0.2) is 0 Å². The highest BCUT2D eigenvalue weighted by molar-refractivity contribution is 5.78. The Bertz CT molecular complexity index is 2050. The molecule has 7 nitrogen and oxygen atoms in total. The highest BCUT2D eigenvalue weighted by Gasteiger charge is 2.46. The summed E-state index contributed by atoms with van der Waals surface area (Å²) in [6.07, 6.45) is 4.98. The van der Waals surface area contributed by atoms with E-state index in [1.807, 2.05) is 41.3 Å². The third-order valence-electron chi connectivity index (χ3n) is 14.1. The van der Waals surface area contributed by atoms with E-state index in [-0.39, 0.29) is 47.8 Å². The van der Waals surface area contributed by atoms with Crippen molar-refractivity contribution in [3.8, 4) is 0 Å². The standard InChI is InChI=1S/C47H51FN4O3/c48-38-13-14-39-36(25-38)18-24-52(45(39)33-7-3-1-4-8-33)47(54)55-43-30-50-22-19-40(43)42(29-50)35-12-11-32-17-23-51(46(41(32)26-35)34-9-5-2-6-10-34)44(53)27-37-28-49-20-15-31(37)16-21-49/h1-14,25-26,31,37,40,42-43,45-46H,15-24,27-30H2/t37-,40?,42?,43+,45-,46+/m0/s1. The largest absolute Gasteiger partial charge is 0.444 e. The maximum absolute atomic E-state index is 14.3. The van der Waals surface area contributed by atoms with Crippen LogP contribution in [0.4, 0.5) is 9.18 Å². The molecule has 4 bridgehead atoms. The lowest BCUT2D eigenvalue weighted by molar-refractivity contribution is -0.136. The van der Waals surface area contributed by atoms with Crippen molar-refractivity contribution in [2.24, 2.45) is 17.8 Å². The molecule has 0 aromatic heterocycles. The van der Waals surface area contributed by atoms with Crippen molar-refractivity contribution in [1.82, 2.24) is 19.6 Å². The number of ether oxygens (including phenoxy) is 1. The molecule has 6 saturated heterocycles. The monoisotopic (exact) mass is 738 g/mol. The second-order valence-corrected chi connectivity index (χ2v) is 17.1. The zero-order valence-corrected chi connectivity index (χ0v) is 31.6. The molecule has 12 rings (SSSR count). The van der Waals surface area contributed by atoms with Gasteiger partial charge in [0, 0.05) is 51.0 Å². The number of carbonyl (C=O) groups is 2. The molecular weight excluding hydrogens is 688 g/mol. The average Bonchev–Trinajstić information content (AvgIpc) is 3.23. The van der Waals surface area contributed by atoms with Gasteiger partial charge >= 0.3 is 6.09 Å². The van der Waals surface area contributed by atoms with Crippen LogP contribution in [0.5, 0.6) is 0 Å². The van der Waals surface area contributed by atoms with Crippen LogP contribution in [0.2, 0.25) is 0 Å². The Balaban J connectivity index is 0.916. The van der Waals surface area contributed by atoms with Crippen LogP contribution in [-0.4, -0.2) is 90.1 Å². The topological polar surface area (TPSA) is 56.3 Å². The summed E-state index contributed by atoms with van der Waals surface area (Å²) in [5.41, 5.74) is 7.92. The number of nitrogens with zero attached hydrogens (tertiary/aromatic N) is 4. The van der Waals surface area contributed by atoms with Gasteiger partial charge in [-0.3, -0.25) is 14.6 Å². The van der Waals surface area contributed by atoms with Crippen molar-refractivity contribution in [1.29, 1.82) is 0 Å². The number of fused-ring (bicyclic) bond motifs is 8. The first-order chi connectivity index (χ1) is 27.0. The van der Waals surface area contributed by atoms with Crippen LogP contribution in [0.15, 0.2) is 97.1 Å². The van der Waals surface area contributed by atoms with E-state index in [1.165, 1.54) is 54.3 Å². The second-order valence-electron chi connectivity index (χ2n) is 17.1. The average molecular weight is 739 g/mol. The number of piperidine rings is 6. The van der Waals surface area contributed by atoms with E-state index in [0.29, 0.717) is 31.2 Å². The summed E-state index contributed by atoms with van der Waals surface area (Å²) < 4.78 is 20.9. The molecule has 0 radical (unpaired) electrons. The highest BCUT2D eigenvalue weighted by Crippen LogP contribution is 2.45. The molecule has 3 unspecified atom stereocenters. The van der Waals surface area contributed by atoms with Crippen LogP contribution < -0.4 is 0 Å². The first-order valence-corrected chi connectivity index (χ1v) is 20.7.